The van der Waals surface area contributed by atoms with E-state index in [1.165, 1.54) is 11.1 Å². The normalized spacial score (nSPS) is 13.9. The molecule has 0 aromatic heterocycles. The van der Waals surface area contributed by atoms with Gasteiger partial charge < -0.3 is 10.2 Å². The molecular weight excluding hydrogens is 422 g/mol. The summed E-state index contributed by atoms with van der Waals surface area (Å²) in [5.74, 6) is -0.306. The molecule has 0 radical (unpaired) electrons. The summed E-state index contributed by atoms with van der Waals surface area (Å²) in [6.07, 6.45) is 0.851. The number of aryl methyl sites for hydroxylation is 2. The second kappa shape index (κ2) is 9.45. The summed E-state index contributed by atoms with van der Waals surface area (Å²) in [5, 5.41) is 3.31. The van der Waals surface area contributed by atoms with Crippen molar-refractivity contribution in [3.63, 3.8) is 0 Å². The molecule has 0 aliphatic carbocycles. The number of urea groups is 1. The smallest absolute Gasteiger partial charge is 0.320 e. The van der Waals surface area contributed by atoms with Gasteiger partial charge in [0, 0.05) is 19.6 Å². The summed E-state index contributed by atoms with van der Waals surface area (Å²) < 4.78 is 0. The first kappa shape index (κ1) is 21.9. The van der Waals surface area contributed by atoms with Gasteiger partial charge in [-0.3, -0.25) is 9.69 Å². The molecule has 1 aliphatic rings. The largest absolute Gasteiger partial charge is 0.324 e. The minimum absolute atomic E-state index is 0.0603. The number of nitrogens with one attached hydrogen (secondary N) is 1. The molecule has 0 bridgehead atoms. The number of rotatable bonds is 5. The molecule has 3 aromatic carbocycles. The van der Waals surface area contributed by atoms with Gasteiger partial charge in [-0.15, -0.1) is 0 Å². The van der Waals surface area contributed by atoms with Crippen molar-refractivity contribution in [2.45, 2.75) is 26.8 Å². The lowest BCUT2D eigenvalue weighted by atomic mass is 10.1. The molecule has 0 unspecified atom stereocenters. The van der Waals surface area contributed by atoms with Gasteiger partial charge in [0.15, 0.2) is 0 Å². The van der Waals surface area contributed by atoms with Gasteiger partial charge in [-0.05, 0) is 50.1 Å². The molecule has 5 nitrogen and oxygen atoms in total. The second-order valence-electron chi connectivity index (χ2n) is 8.16. The highest BCUT2D eigenvalue weighted by Gasteiger charge is 2.28. The van der Waals surface area contributed by atoms with Crippen LogP contribution in [0, 0.1) is 13.8 Å². The number of nitrogens with zero attached hydrogens (tertiary/aromatic N) is 2. The van der Waals surface area contributed by atoms with Gasteiger partial charge in [-0.25, -0.2) is 4.79 Å². The van der Waals surface area contributed by atoms with Crippen LogP contribution in [-0.2, 0) is 6.54 Å². The van der Waals surface area contributed by atoms with Crippen molar-refractivity contribution >= 4 is 34.9 Å². The summed E-state index contributed by atoms with van der Waals surface area (Å²) in [5.41, 5.74) is 5.16. The molecule has 1 N–H and O–H groups in total. The Morgan fingerprint density at radius 2 is 1.66 bits per heavy atom. The van der Waals surface area contributed by atoms with E-state index >= 15 is 0 Å². The van der Waals surface area contributed by atoms with Crippen LogP contribution in [0.4, 0.5) is 16.2 Å². The van der Waals surface area contributed by atoms with E-state index in [1.807, 2.05) is 23.1 Å². The molecule has 4 rings (SSSR count). The Morgan fingerprint density at radius 3 is 2.41 bits per heavy atom. The predicted octanol–water partition coefficient (Wildman–Crippen LogP) is 6.04. The minimum Gasteiger partial charge on any atom is -0.320 e. The summed E-state index contributed by atoms with van der Waals surface area (Å²) >= 11 is 6.18. The molecule has 1 fully saturated rings. The first-order chi connectivity index (χ1) is 15.4. The van der Waals surface area contributed by atoms with E-state index in [2.05, 4.69) is 37.4 Å². The lowest BCUT2D eigenvalue weighted by molar-refractivity contribution is 0.102. The maximum Gasteiger partial charge on any atom is 0.324 e. The molecule has 1 aliphatic heterocycles. The van der Waals surface area contributed by atoms with Crippen molar-refractivity contribution in [1.29, 1.82) is 0 Å². The Bertz CT molecular complexity index is 1140. The van der Waals surface area contributed by atoms with E-state index < -0.39 is 0 Å². The lowest BCUT2D eigenvalue weighted by Crippen LogP contribution is -2.49. The summed E-state index contributed by atoms with van der Waals surface area (Å²) in [7, 11) is 0. The average Bonchev–Trinajstić information content (AvgIpc) is 2.75. The standard InChI is InChI=1S/C26H26ClN3O2/c1-18-14-19(2)16-20(15-18)17-29-12-7-13-30(26(29)32)24-11-6-5-10-23(24)28-25(31)21-8-3-4-9-22(21)27/h3-6,8-11,14-16H,7,12-13,17H2,1-2H3,(H,28,31). The molecule has 0 saturated carbocycles. The highest BCUT2D eigenvalue weighted by atomic mass is 35.5. The fraction of sp³-hybridized carbons (Fsp3) is 0.231. The SMILES string of the molecule is Cc1cc(C)cc(CN2CCCN(c3ccccc3NC(=O)c3ccccc3Cl)C2=O)c1. The average molecular weight is 448 g/mol. The third-order valence-electron chi connectivity index (χ3n) is 5.53. The second-order valence-corrected chi connectivity index (χ2v) is 8.56. The number of carbonyl (C=O) groups is 2. The molecule has 1 heterocycles. The first-order valence-corrected chi connectivity index (χ1v) is 11.1. The highest BCUT2D eigenvalue weighted by molar-refractivity contribution is 6.34. The molecule has 3 aromatic rings. The number of amides is 3. The van der Waals surface area contributed by atoms with E-state index in [-0.39, 0.29) is 11.9 Å². The summed E-state index contributed by atoms with van der Waals surface area (Å²) in [4.78, 5) is 29.8. The van der Waals surface area contributed by atoms with Crippen LogP contribution < -0.4 is 10.2 Å². The molecule has 3 amide bonds. The topological polar surface area (TPSA) is 52.6 Å². The summed E-state index contributed by atoms with van der Waals surface area (Å²) in [6, 6.07) is 20.6. The third kappa shape index (κ3) is 4.78. The van der Waals surface area contributed by atoms with Crippen LogP contribution in [0.1, 0.15) is 33.5 Å². The van der Waals surface area contributed by atoms with E-state index in [1.54, 1.807) is 35.2 Å². The predicted molar refractivity (Wildman–Crippen MR) is 130 cm³/mol. The molecule has 164 valence electrons. The number of halogens is 1. The van der Waals surface area contributed by atoms with Gasteiger partial charge in [0.05, 0.1) is 22.0 Å². The lowest BCUT2D eigenvalue weighted by Gasteiger charge is -2.36. The van der Waals surface area contributed by atoms with Crippen LogP contribution >= 0.6 is 11.6 Å². The monoisotopic (exact) mass is 447 g/mol. The van der Waals surface area contributed by atoms with Crippen molar-refractivity contribution in [2.24, 2.45) is 0 Å². The Morgan fingerprint density at radius 1 is 0.969 bits per heavy atom. The third-order valence-corrected chi connectivity index (χ3v) is 5.86. The Balaban J connectivity index is 1.56. The molecule has 6 heteroatoms. The summed E-state index contributed by atoms with van der Waals surface area (Å²) in [6.45, 7) is 6.00. The van der Waals surface area contributed by atoms with Crippen molar-refractivity contribution in [3.05, 3.63) is 94.0 Å². The van der Waals surface area contributed by atoms with Crippen LogP contribution in [-0.4, -0.2) is 29.9 Å². The van der Waals surface area contributed by atoms with Gasteiger partial charge in [-0.2, -0.15) is 0 Å². The van der Waals surface area contributed by atoms with Crippen molar-refractivity contribution in [1.82, 2.24) is 4.90 Å². The zero-order valence-electron chi connectivity index (χ0n) is 18.3. The van der Waals surface area contributed by atoms with Gasteiger partial charge in [-0.1, -0.05) is 65.2 Å². The quantitative estimate of drug-likeness (QED) is 0.518. The van der Waals surface area contributed by atoms with E-state index in [0.29, 0.717) is 41.6 Å². The van der Waals surface area contributed by atoms with E-state index in [9.17, 15) is 9.59 Å². The van der Waals surface area contributed by atoms with Crippen LogP contribution in [0.25, 0.3) is 0 Å². The van der Waals surface area contributed by atoms with E-state index in [4.69, 9.17) is 11.6 Å². The van der Waals surface area contributed by atoms with Crippen molar-refractivity contribution in [2.75, 3.05) is 23.3 Å². The van der Waals surface area contributed by atoms with Gasteiger partial charge in [0.25, 0.3) is 5.91 Å². The van der Waals surface area contributed by atoms with Crippen LogP contribution in [0.3, 0.4) is 0 Å². The molecular formula is C26H26ClN3O2. The molecule has 0 atom stereocenters. The maximum atomic E-state index is 13.4. The fourth-order valence-electron chi connectivity index (χ4n) is 4.18. The molecule has 1 saturated heterocycles. The zero-order valence-corrected chi connectivity index (χ0v) is 19.0. The number of para-hydroxylation sites is 2. The van der Waals surface area contributed by atoms with Crippen molar-refractivity contribution in [3.8, 4) is 0 Å². The number of benzene rings is 3. The Kier molecular flexibility index (Phi) is 6.47. The number of anilines is 2. The van der Waals surface area contributed by atoms with Crippen LogP contribution in [0.5, 0.6) is 0 Å². The first-order valence-electron chi connectivity index (χ1n) is 10.7. The highest BCUT2D eigenvalue weighted by Crippen LogP contribution is 2.30. The number of hydrogen-bond donors (Lipinski definition) is 1. The van der Waals surface area contributed by atoms with Gasteiger partial charge in [0.2, 0.25) is 0 Å². The Labute approximate surface area is 193 Å². The van der Waals surface area contributed by atoms with Crippen LogP contribution in [0.2, 0.25) is 5.02 Å². The van der Waals surface area contributed by atoms with Gasteiger partial charge in [0.1, 0.15) is 0 Å². The number of carbonyl (C=O) groups excluding carboxylic acids is 2. The Hall–Kier alpha value is -3.31. The maximum absolute atomic E-state index is 13.4. The van der Waals surface area contributed by atoms with Crippen LogP contribution in [0.15, 0.2) is 66.7 Å². The molecule has 32 heavy (non-hydrogen) atoms. The van der Waals surface area contributed by atoms with Crippen molar-refractivity contribution < 1.29 is 9.59 Å². The van der Waals surface area contributed by atoms with E-state index in [0.717, 1.165) is 12.0 Å². The molecule has 0 spiro atoms. The number of hydrogen-bond acceptors (Lipinski definition) is 2. The fourth-order valence-corrected chi connectivity index (χ4v) is 4.40. The minimum atomic E-state index is -0.306. The van der Waals surface area contributed by atoms with Gasteiger partial charge >= 0.3 is 6.03 Å². The zero-order chi connectivity index (χ0) is 22.7.